The second-order valence-electron chi connectivity index (χ2n) is 4.74. The monoisotopic (exact) mass is 239 g/mol. The molecule has 17 heavy (non-hydrogen) atoms. The van der Waals surface area contributed by atoms with Crippen LogP contribution in [0.3, 0.4) is 0 Å². The van der Waals surface area contributed by atoms with Crippen LogP contribution in [-0.4, -0.2) is 42.4 Å². The highest BCUT2D eigenvalue weighted by atomic mass is 16.5. The zero-order valence-electron chi connectivity index (χ0n) is 10.8. The number of nitrogens with one attached hydrogen (secondary N) is 1. The average molecular weight is 239 g/mol. The molecular formula is C12H21N3O2. The van der Waals surface area contributed by atoms with Crippen molar-refractivity contribution in [3.05, 3.63) is 17.5 Å². The molecule has 2 atom stereocenters. The van der Waals surface area contributed by atoms with Crippen LogP contribution in [-0.2, 0) is 17.8 Å². The van der Waals surface area contributed by atoms with E-state index in [1.54, 1.807) is 0 Å². The molecule has 1 fully saturated rings. The standard InChI is InChI=1S/C12H21N3O2/c1-9-8-16-10(2)6-15(9)7-12-4-11(5-13-3)14-17-12/h4,9-10,13H,5-8H2,1-3H3. The van der Waals surface area contributed by atoms with Gasteiger partial charge in [0, 0.05) is 25.2 Å². The van der Waals surface area contributed by atoms with Crippen molar-refractivity contribution in [1.29, 1.82) is 0 Å². The van der Waals surface area contributed by atoms with E-state index in [4.69, 9.17) is 9.26 Å². The molecular weight excluding hydrogens is 218 g/mol. The molecule has 5 heteroatoms. The Morgan fingerprint density at radius 1 is 1.53 bits per heavy atom. The number of ether oxygens (including phenoxy) is 1. The molecule has 0 radical (unpaired) electrons. The fourth-order valence-electron chi connectivity index (χ4n) is 2.09. The molecule has 0 spiro atoms. The molecule has 1 aliphatic rings. The van der Waals surface area contributed by atoms with Gasteiger partial charge >= 0.3 is 0 Å². The third-order valence-electron chi connectivity index (χ3n) is 3.06. The van der Waals surface area contributed by atoms with Crippen molar-refractivity contribution in [3.63, 3.8) is 0 Å². The third kappa shape index (κ3) is 3.28. The van der Waals surface area contributed by atoms with Crippen molar-refractivity contribution < 1.29 is 9.26 Å². The van der Waals surface area contributed by atoms with Crippen LogP contribution in [0.25, 0.3) is 0 Å². The van der Waals surface area contributed by atoms with Crippen molar-refractivity contribution in [1.82, 2.24) is 15.4 Å². The molecule has 2 rings (SSSR count). The quantitative estimate of drug-likeness (QED) is 0.849. The highest BCUT2D eigenvalue weighted by Crippen LogP contribution is 2.15. The van der Waals surface area contributed by atoms with Crippen molar-refractivity contribution in [2.24, 2.45) is 0 Å². The van der Waals surface area contributed by atoms with E-state index in [0.29, 0.717) is 12.1 Å². The number of hydrogen-bond donors (Lipinski definition) is 1. The van der Waals surface area contributed by atoms with Crippen LogP contribution in [0.15, 0.2) is 10.6 Å². The first-order valence-corrected chi connectivity index (χ1v) is 6.13. The summed E-state index contributed by atoms with van der Waals surface area (Å²) in [4.78, 5) is 2.37. The van der Waals surface area contributed by atoms with Crippen LogP contribution in [0, 0.1) is 0 Å². The SMILES string of the molecule is CNCc1cc(CN2CC(C)OCC2C)on1. The maximum atomic E-state index is 5.60. The van der Waals surface area contributed by atoms with E-state index in [0.717, 1.165) is 37.7 Å². The van der Waals surface area contributed by atoms with E-state index in [9.17, 15) is 0 Å². The van der Waals surface area contributed by atoms with Crippen molar-refractivity contribution in [2.45, 2.75) is 39.1 Å². The lowest BCUT2D eigenvalue weighted by Crippen LogP contribution is -2.46. The molecule has 2 unspecified atom stereocenters. The maximum Gasteiger partial charge on any atom is 0.151 e. The first kappa shape index (κ1) is 12.5. The Bertz CT molecular complexity index is 353. The smallest absolute Gasteiger partial charge is 0.151 e. The third-order valence-corrected chi connectivity index (χ3v) is 3.06. The molecule has 0 bridgehead atoms. The van der Waals surface area contributed by atoms with Crippen LogP contribution < -0.4 is 5.32 Å². The van der Waals surface area contributed by atoms with Gasteiger partial charge in [0.05, 0.1) is 24.9 Å². The molecule has 5 nitrogen and oxygen atoms in total. The van der Waals surface area contributed by atoms with Gasteiger partial charge in [0.2, 0.25) is 0 Å². The summed E-state index contributed by atoms with van der Waals surface area (Å²) in [6, 6.07) is 2.45. The normalized spacial score (nSPS) is 26.3. The fraction of sp³-hybridized carbons (Fsp3) is 0.750. The summed E-state index contributed by atoms with van der Waals surface area (Å²) in [7, 11) is 1.90. The zero-order valence-corrected chi connectivity index (χ0v) is 10.8. The lowest BCUT2D eigenvalue weighted by atomic mass is 10.2. The Hall–Kier alpha value is -0.910. The van der Waals surface area contributed by atoms with Gasteiger partial charge in [-0.25, -0.2) is 0 Å². The van der Waals surface area contributed by atoms with E-state index >= 15 is 0 Å². The molecule has 1 aromatic rings. The Morgan fingerprint density at radius 3 is 3.12 bits per heavy atom. The fourth-order valence-corrected chi connectivity index (χ4v) is 2.09. The summed E-state index contributed by atoms with van der Waals surface area (Å²) in [5.41, 5.74) is 0.955. The van der Waals surface area contributed by atoms with Gasteiger partial charge in [-0.05, 0) is 20.9 Å². The highest BCUT2D eigenvalue weighted by Gasteiger charge is 2.24. The summed E-state index contributed by atoms with van der Waals surface area (Å²) in [6.45, 7) is 7.58. The minimum atomic E-state index is 0.297. The molecule has 0 saturated carbocycles. The first-order valence-electron chi connectivity index (χ1n) is 6.13. The van der Waals surface area contributed by atoms with Crippen LogP contribution in [0.2, 0.25) is 0 Å². The minimum Gasteiger partial charge on any atom is -0.376 e. The molecule has 1 aromatic heterocycles. The Kier molecular flexibility index (Phi) is 4.15. The maximum absolute atomic E-state index is 5.60. The topological polar surface area (TPSA) is 50.5 Å². The number of aromatic nitrogens is 1. The predicted octanol–water partition coefficient (Wildman–Crippen LogP) is 1.00. The molecule has 1 aliphatic heterocycles. The second kappa shape index (κ2) is 5.62. The molecule has 96 valence electrons. The lowest BCUT2D eigenvalue weighted by molar-refractivity contribution is -0.0550. The van der Waals surface area contributed by atoms with Gasteiger partial charge in [0.25, 0.3) is 0 Å². The minimum absolute atomic E-state index is 0.297. The van der Waals surface area contributed by atoms with Gasteiger partial charge in [-0.3, -0.25) is 4.90 Å². The van der Waals surface area contributed by atoms with Crippen LogP contribution in [0.1, 0.15) is 25.3 Å². The van der Waals surface area contributed by atoms with E-state index in [1.807, 2.05) is 13.1 Å². The highest BCUT2D eigenvalue weighted by molar-refractivity contribution is 5.05. The number of rotatable bonds is 4. The summed E-state index contributed by atoms with van der Waals surface area (Å²) in [5.74, 6) is 0.927. The van der Waals surface area contributed by atoms with E-state index in [2.05, 4.69) is 29.2 Å². The molecule has 1 saturated heterocycles. The average Bonchev–Trinajstić information content (AvgIpc) is 2.72. The van der Waals surface area contributed by atoms with Gasteiger partial charge in [0.15, 0.2) is 5.76 Å². The molecule has 0 aliphatic carbocycles. The van der Waals surface area contributed by atoms with E-state index < -0.39 is 0 Å². The van der Waals surface area contributed by atoms with Crippen molar-refractivity contribution >= 4 is 0 Å². The van der Waals surface area contributed by atoms with Crippen LogP contribution in [0.4, 0.5) is 0 Å². The van der Waals surface area contributed by atoms with Crippen LogP contribution in [0.5, 0.6) is 0 Å². The van der Waals surface area contributed by atoms with Gasteiger partial charge in [0.1, 0.15) is 0 Å². The second-order valence-corrected chi connectivity index (χ2v) is 4.74. The first-order chi connectivity index (χ1) is 8.19. The zero-order chi connectivity index (χ0) is 12.3. The molecule has 1 N–H and O–H groups in total. The Balaban J connectivity index is 1.94. The van der Waals surface area contributed by atoms with Gasteiger partial charge in [-0.1, -0.05) is 5.16 Å². The lowest BCUT2D eigenvalue weighted by Gasteiger charge is -2.35. The Labute approximate surface area is 102 Å². The number of nitrogens with zero attached hydrogens (tertiary/aromatic N) is 2. The summed E-state index contributed by atoms with van der Waals surface area (Å²) in [6.07, 6.45) is 0.297. The van der Waals surface area contributed by atoms with Crippen molar-refractivity contribution in [2.75, 3.05) is 20.2 Å². The van der Waals surface area contributed by atoms with E-state index in [-0.39, 0.29) is 0 Å². The summed E-state index contributed by atoms with van der Waals surface area (Å²) in [5, 5.41) is 7.08. The molecule has 2 heterocycles. The summed E-state index contributed by atoms with van der Waals surface area (Å²) >= 11 is 0. The van der Waals surface area contributed by atoms with Gasteiger partial charge < -0.3 is 14.6 Å². The number of hydrogen-bond acceptors (Lipinski definition) is 5. The van der Waals surface area contributed by atoms with E-state index in [1.165, 1.54) is 0 Å². The Morgan fingerprint density at radius 2 is 2.35 bits per heavy atom. The number of morpholine rings is 1. The largest absolute Gasteiger partial charge is 0.376 e. The predicted molar refractivity (Wildman–Crippen MR) is 64.6 cm³/mol. The van der Waals surface area contributed by atoms with Gasteiger partial charge in [-0.15, -0.1) is 0 Å². The molecule has 0 aromatic carbocycles. The van der Waals surface area contributed by atoms with Gasteiger partial charge in [-0.2, -0.15) is 0 Å². The molecule has 0 amide bonds. The summed E-state index contributed by atoms with van der Waals surface area (Å²) < 4.78 is 10.9. The van der Waals surface area contributed by atoms with Crippen molar-refractivity contribution in [3.8, 4) is 0 Å². The van der Waals surface area contributed by atoms with Crippen LogP contribution >= 0.6 is 0 Å².